The second-order valence-electron chi connectivity index (χ2n) is 10.9. The van der Waals surface area contributed by atoms with Gasteiger partial charge in [0.1, 0.15) is 5.03 Å². The van der Waals surface area contributed by atoms with Crippen LogP contribution >= 0.6 is 11.8 Å². The molecule has 2 N–H and O–H groups in total. The summed E-state index contributed by atoms with van der Waals surface area (Å²) in [6, 6.07) is 3.56. The van der Waals surface area contributed by atoms with Gasteiger partial charge in [0.15, 0.2) is 6.10 Å². The Labute approximate surface area is 220 Å². The number of carbonyl (C=O) groups is 3. The minimum atomic E-state index is -0.921. The highest BCUT2D eigenvalue weighted by molar-refractivity contribution is 8.00. The van der Waals surface area contributed by atoms with E-state index in [9.17, 15) is 14.4 Å². The third-order valence-corrected chi connectivity index (χ3v) is 9.49. The van der Waals surface area contributed by atoms with Crippen LogP contribution in [0.4, 0.5) is 0 Å². The Hall–Kier alpha value is -2.09. The molecule has 8 atom stereocenters. The van der Waals surface area contributed by atoms with Crippen molar-refractivity contribution >= 4 is 29.5 Å². The molecule has 3 rings (SSSR count). The van der Waals surface area contributed by atoms with Gasteiger partial charge in [-0.3, -0.25) is 9.59 Å². The van der Waals surface area contributed by atoms with Gasteiger partial charge in [0.2, 0.25) is 5.91 Å². The van der Waals surface area contributed by atoms with Gasteiger partial charge in [-0.2, -0.15) is 0 Å². The van der Waals surface area contributed by atoms with Gasteiger partial charge < -0.3 is 15.4 Å². The van der Waals surface area contributed by atoms with E-state index in [0.29, 0.717) is 28.7 Å². The van der Waals surface area contributed by atoms with Crippen LogP contribution in [-0.4, -0.2) is 46.2 Å². The largest absolute Gasteiger partial charge is 0.449 e. The Morgan fingerprint density at radius 1 is 0.917 bits per heavy atom. The van der Waals surface area contributed by atoms with E-state index in [-0.39, 0.29) is 29.5 Å². The SMILES string of the molecule is C[C@H]1[C@H](C)CCC[C@H]1NC(=O)[C@H](C)OC(=O)c1cccnc1S[C@H](C)C(=O)N[C@@H]1CCC[C@H](C)[C@@H]1C. The molecule has 0 unspecified atom stereocenters. The quantitative estimate of drug-likeness (QED) is 0.372. The molecule has 2 amide bonds. The van der Waals surface area contributed by atoms with Crippen LogP contribution in [-0.2, 0) is 14.3 Å². The molecule has 0 radical (unpaired) electrons. The number of rotatable bonds is 8. The molecule has 1 aromatic rings. The van der Waals surface area contributed by atoms with Crippen LogP contribution in [0.15, 0.2) is 23.4 Å². The smallest absolute Gasteiger partial charge is 0.341 e. The fourth-order valence-electron chi connectivity index (χ4n) is 5.31. The van der Waals surface area contributed by atoms with Gasteiger partial charge in [0, 0.05) is 18.3 Å². The lowest BCUT2D eigenvalue weighted by Crippen LogP contribution is -2.47. The molecular formula is C28H43N3O4S. The van der Waals surface area contributed by atoms with Gasteiger partial charge in [0.05, 0.1) is 10.8 Å². The highest BCUT2D eigenvalue weighted by Gasteiger charge is 2.32. The van der Waals surface area contributed by atoms with Crippen LogP contribution in [0.1, 0.15) is 90.4 Å². The fourth-order valence-corrected chi connectivity index (χ4v) is 6.22. The second-order valence-corrected chi connectivity index (χ2v) is 12.3. The number of amides is 2. The first-order valence-corrected chi connectivity index (χ1v) is 14.4. The number of esters is 1. The number of ether oxygens (including phenoxy) is 1. The van der Waals surface area contributed by atoms with E-state index in [1.807, 2.05) is 6.92 Å². The van der Waals surface area contributed by atoms with Gasteiger partial charge in [-0.1, -0.05) is 65.1 Å². The Bertz CT molecular complexity index is 926. The van der Waals surface area contributed by atoms with E-state index >= 15 is 0 Å². The normalized spacial score (nSPS) is 30.1. The molecule has 36 heavy (non-hydrogen) atoms. The van der Waals surface area contributed by atoms with Crippen LogP contribution in [0.2, 0.25) is 0 Å². The first-order valence-electron chi connectivity index (χ1n) is 13.5. The van der Waals surface area contributed by atoms with E-state index in [2.05, 4.69) is 43.3 Å². The third-order valence-electron chi connectivity index (χ3n) is 8.37. The molecular weight excluding hydrogens is 474 g/mol. The predicted molar refractivity (Wildman–Crippen MR) is 143 cm³/mol. The van der Waals surface area contributed by atoms with Gasteiger partial charge in [-0.25, -0.2) is 9.78 Å². The molecule has 0 spiro atoms. The lowest BCUT2D eigenvalue weighted by atomic mass is 9.78. The van der Waals surface area contributed by atoms with Crippen LogP contribution in [0.3, 0.4) is 0 Å². The van der Waals surface area contributed by atoms with E-state index in [4.69, 9.17) is 4.74 Å². The molecule has 2 saturated carbocycles. The molecule has 2 aliphatic carbocycles. The van der Waals surface area contributed by atoms with Gasteiger partial charge in [0.25, 0.3) is 5.91 Å². The van der Waals surface area contributed by atoms with Gasteiger partial charge in [-0.15, -0.1) is 0 Å². The summed E-state index contributed by atoms with van der Waals surface area (Å²) in [6.07, 6.45) is 7.20. The number of nitrogens with zero attached hydrogens (tertiary/aromatic N) is 1. The van der Waals surface area contributed by atoms with Crippen molar-refractivity contribution in [2.75, 3.05) is 0 Å². The average molecular weight is 518 g/mol. The maximum absolute atomic E-state index is 13.0. The Balaban J connectivity index is 1.58. The van der Waals surface area contributed by atoms with Crippen LogP contribution in [0.25, 0.3) is 0 Å². The maximum atomic E-state index is 13.0. The second kappa shape index (κ2) is 12.9. The highest BCUT2D eigenvalue weighted by atomic mass is 32.2. The Morgan fingerprint density at radius 3 is 2.06 bits per heavy atom. The van der Waals surface area contributed by atoms with Crippen molar-refractivity contribution in [3.8, 4) is 0 Å². The zero-order valence-electron chi connectivity index (χ0n) is 22.6. The average Bonchev–Trinajstić information content (AvgIpc) is 2.85. The minimum Gasteiger partial charge on any atom is -0.449 e. The first-order chi connectivity index (χ1) is 17.1. The van der Waals surface area contributed by atoms with E-state index in [0.717, 1.165) is 25.7 Å². The number of hydrogen-bond acceptors (Lipinski definition) is 6. The number of pyridine rings is 1. The summed E-state index contributed by atoms with van der Waals surface area (Å²) in [5.74, 6) is 1.03. The molecule has 8 heteroatoms. The molecule has 0 bridgehead atoms. The van der Waals surface area contributed by atoms with E-state index in [1.54, 1.807) is 25.3 Å². The van der Waals surface area contributed by atoms with Crippen molar-refractivity contribution in [2.24, 2.45) is 23.7 Å². The number of nitrogens with one attached hydrogen (secondary N) is 2. The summed E-state index contributed by atoms with van der Waals surface area (Å²) in [5, 5.41) is 6.28. The first kappa shape index (κ1) is 28.5. The minimum absolute atomic E-state index is 0.0560. The predicted octanol–water partition coefficient (Wildman–Crippen LogP) is 4.99. The Kier molecular flexibility index (Phi) is 10.2. The zero-order valence-corrected chi connectivity index (χ0v) is 23.4. The number of thioether (sulfide) groups is 1. The highest BCUT2D eigenvalue weighted by Crippen LogP contribution is 2.31. The van der Waals surface area contributed by atoms with Crippen LogP contribution < -0.4 is 10.6 Å². The third kappa shape index (κ3) is 7.24. The molecule has 1 heterocycles. The summed E-state index contributed by atoms with van der Waals surface area (Å²) >= 11 is 1.24. The number of hydrogen-bond donors (Lipinski definition) is 2. The summed E-state index contributed by atoms with van der Waals surface area (Å²) in [5.41, 5.74) is 0.265. The van der Waals surface area contributed by atoms with Crippen LogP contribution in [0.5, 0.6) is 0 Å². The zero-order chi connectivity index (χ0) is 26.4. The molecule has 2 fully saturated rings. The van der Waals surface area contributed by atoms with Crippen molar-refractivity contribution < 1.29 is 19.1 Å². The van der Waals surface area contributed by atoms with Crippen molar-refractivity contribution in [3.05, 3.63) is 23.9 Å². The molecule has 0 aliphatic heterocycles. The molecule has 0 saturated heterocycles. The maximum Gasteiger partial charge on any atom is 0.341 e. The summed E-state index contributed by atoms with van der Waals surface area (Å²) in [7, 11) is 0. The van der Waals surface area contributed by atoms with Gasteiger partial charge in [-0.05, 0) is 62.5 Å². The van der Waals surface area contributed by atoms with Crippen molar-refractivity contribution in [1.29, 1.82) is 0 Å². The fraction of sp³-hybridized carbons (Fsp3) is 0.714. The summed E-state index contributed by atoms with van der Waals surface area (Å²) in [4.78, 5) is 43.0. The number of aromatic nitrogens is 1. The molecule has 0 aromatic carbocycles. The van der Waals surface area contributed by atoms with E-state index in [1.165, 1.54) is 24.6 Å². The van der Waals surface area contributed by atoms with Gasteiger partial charge >= 0.3 is 5.97 Å². The summed E-state index contributed by atoms with van der Waals surface area (Å²) in [6.45, 7) is 12.2. The van der Waals surface area contributed by atoms with E-state index < -0.39 is 17.3 Å². The Morgan fingerprint density at radius 2 is 1.47 bits per heavy atom. The van der Waals surface area contributed by atoms with Crippen molar-refractivity contribution in [2.45, 2.75) is 109 Å². The van der Waals surface area contributed by atoms with Crippen LogP contribution in [0, 0.1) is 23.7 Å². The lowest BCUT2D eigenvalue weighted by Gasteiger charge is -2.35. The van der Waals surface area contributed by atoms with Crippen molar-refractivity contribution in [1.82, 2.24) is 15.6 Å². The van der Waals surface area contributed by atoms with Crippen molar-refractivity contribution in [3.63, 3.8) is 0 Å². The molecule has 2 aliphatic rings. The lowest BCUT2D eigenvalue weighted by molar-refractivity contribution is -0.130. The summed E-state index contributed by atoms with van der Waals surface area (Å²) < 4.78 is 5.53. The monoisotopic (exact) mass is 517 g/mol. The molecule has 7 nitrogen and oxygen atoms in total. The topological polar surface area (TPSA) is 97.4 Å². The molecule has 1 aromatic heterocycles. The molecule has 200 valence electrons. The standard InChI is InChI=1S/C28H43N3O4S/c1-16-10-7-13-23(18(16)3)30-25(32)20(5)35-28(34)22-12-9-15-29-27(22)36-21(6)26(33)31-24-14-8-11-17(2)19(24)4/h9,12,15-21,23-24H,7-8,10-11,13-14H2,1-6H3,(H,30,32)(H,31,33)/t16-,17+,18+,19+,20+,21-,23-,24-/m1/s1. The number of carbonyl (C=O) groups excluding carboxylic acids is 3.